The van der Waals surface area contributed by atoms with Crippen LogP contribution >= 0.6 is 11.6 Å². The van der Waals surface area contributed by atoms with E-state index in [9.17, 15) is 0 Å². The summed E-state index contributed by atoms with van der Waals surface area (Å²) in [6.07, 6.45) is 4.19. The Hall–Kier alpha value is 0.250. The van der Waals surface area contributed by atoms with E-state index in [4.69, 9.17) is 16.7 Å². The summed E-state index contributed by atoms with van der Waals surface area (Å²) in [5.41, 5.74) is 0. The van der Waals surface area contributed by atoms with Crippen molar-refractivity contribution in [2.75, 3.05) is 5.88 Å². The molecule has 0 aromatic carbocycles. The van der Waals surface area contributed by atoms with Crippen LogP contribution in [0.25, 0.3) is 0 Å². The van der Waals surface area contributed by atoms with Gasteiger partial charge in [-0.1, -0.05) is 6.42 Å². The van der Waals surface area contributed by atoms with Gasteiger partial charge in [0.15, 0.2) is 0 Å². The molecular weight excluding hydrogens is 136 g/mol. The van der Waals surface area contributed by atoms with E-state index in [0.29, 0.717) is 5.92 Å². The van der Waals surface area contributed by atoms with Crippen LogP contribution in [0, 0.1) is 5.92 Å². The van der Waals surface area contributed by atoms with Gasteiger partial charge in [0.05, 0.1) is 6.10 Å². The average molecular weight is 149 g/mol. The highest BCUT2D eigenvalue weighted by molar-refractivity contribution is 6.18. The van der Waals surface area contributed by atoms with Crippen LogP contribution in [0.3, 0.4) is 0 Å². The molecule has 0 bridgehead atoms. The lowest BCUT2D eigenvalue weighted by atomic mass is 9.89. The van der Waals surface area contributed by atoms with Gasteiger partial charge in [0, 0.05) is 5.88 Å². The molecule has 1 aliphatic rings. The molecule has 0 aliphatic heterocycles. The van der Waals surface area contributed by atoms with E-state index in [2.05, 4.69) is 0 Å². The van der Waals surface area contributed by atoms with E-state index in [-0.39, 0.29) is 6.10 Å². The van der Waals surface area contributed by atoms with Crippen molar-refractivity contribution >= 4 is 11.6 Å². The number of halogens is 1. The molecule has 0 spiro atoms. The fraction of sp³-hybridized carbons (Fsp3) is 1.00. The van der Waals surface area contributed by atoms with Crippen molar-refractivity contribution in [3.8, 4) is 0 Å². The van der Waals surface area contributed by atoms with E-state index in [1.165, 1.54) is 6.42 Å². The summed E-state index contributed by atoms with van der Waals surface area (Å²) >= 11 is 5.63. The summed E-state index contributed by atoms with van der Waals surface area (Å²) in [5, 5.41) is 9.15. The molecule has 1 saturated carbocycles. The molecule has 1 fully saturated rings. The summed E-state index contributed by atoms with van der Waals surface area (Å²) in [4.78, 5) is 0. The van der Waals surface area contributed by atoms with Crippen LogP contribution in [0.4, 0.5) is 0 Å². The van der Waals surface area contributed by atoms with Crippen LogP contribution in [0.1, 0.15) is 25.7 Å². The second kappa shape index (κ2) is 3.43. The molecule has 0 unspecified atom stereocenters. The average Bonchev–Trinajstić information content (AvgIpc) is 1.88. The zero-order chi connectivity index (χ0) is 6.69. The standard InChI is InChI=1S/C7H13ClO/c8-5-6-2-1-3-7(9)4-6/h6-7,9H,1-5H2/t6-,7+/m1/s1. The zero-order valence-corrected chi connectivity index (χ0v) is 6.27. The monoisotopic (exact) mass is 148 g/mol. The third kappa shape index (κ3) is 2.15. The number of aliphatic hydroxyl groups is 1. The Labute approximate surface area is 61.0 Å². The highest BCUT2D eigenvalue weighted by Crippen LogP contribution is 2.24. The number of alkyl halides is 1. The minimum Gasteiger partial charge on any atom is -0.393 e. The maximum absolute atomic E-state index is 9.15. The van der Waals surface area contributed by atoms with Crippen LogP contribution in [-0.4, -0.2) is 17.1 Å². The highest BCUT2D eigenvalue weighted by atomic mass is 35.5. The van der Waals surface area contributed by atoms with E-state index < -0.39 is 0 Å². The Morgan fingerprint density at radius 1 is 1.44 bits per heavy atom. The lowest BCUT2D eigenvalue weighted by Gasteiger charge is -2.23. The molecule has 1 N–H and O–H groups in total. The first-order valence-electron chi connectivity index (χ1n) is 3.57. The van der Waals surface area contributed by atoms with Gasteiger partial charge in [0.1, 0.15) is 0 Å². The maximum atomic E-state index is 9.15. The molecule has 9 heavy (non-hydrogen) atoms. The van der Waals surface area contributed by atoms with Crippen molar-refractivity contribution in [1.29, 1.82) is 0 Å². The van der Waals surface area contributed by atoms with Gasteiger partial charge >= 0.3 is 0 Å². The minimum atomic E-state index is -0.0671. The van der Waals surface area contributed by atoms with Crippen molar-refractivity contribution in [1.82, 2.24) is 0 Å². The first kappa shape index (κ1) is 7.36. The van der Waals surface area contributed by atoms with Crippen molar-refractivity contribution in [2.24, 2.45) is 5.92 Å². The van der Waals surface area contributed by atoms with E-state index in [0.717, 1.165) is 25.1 Å². The maximum Gasteiger partial charge on any atom is 0.0543 e. The second-order valence-corrected chi connectivity index (χ2v) is 3.15. The molecule has 2 atom stereocenters. The molecule has 0 amide bonds. The number of hydrogen-bond donors (Lipinski definition) is 1. The summed E-state index contributed by atoms with van der Waals surface area (Å²) in [5.74, 6) is 1.30. The molecule has 1 rings (SSSR count). The van der Waals surface area contributed by atoms with Crippen LogP contribution in [0.15, 0.2) is 0 Å². The summed E-state index contributed by atoms with van der Waals surface area (Å²) in [7, 11) is 0. The van der Waals surface area contributed by atoms with E-state index in [1.807, 2.05) is 0 Å². The number of aliphatic hydroxyl groups excluding tert-OH is 1. The molecule has 0 aromatic heterocycles. The summed E-state index contributed by atoms with van der Waals surface area (Å²) < 4.78 is 0. The molecular formula is C7H13ClO. The number of hydrogen-bond acceptors (Lipinski definition) is 1. The van der Waals surface area contributed by atoms with Crippen molar-refractivity contribution in [2.45, 2.75) is 31.8 Å². The van der Waals surface area contributed by atoms with Gasteiger partial charge in [-0.15, -0.1) is 11.6 Å². The Kier molecular flexibility index (Phi) is 2.80. The molecule has 0 aromatic rings. The third-order valence-corrected chi connectivity index (χ3v) is 2.41. The fourth-order valence-corrected chi connectivity index (χ4v) is 1.68. The SMILES string of the molecule is O[C@H]1CCC[C@@H](CCl)C1. The van der Waals surface area contributed by atoms with Crippen molar-refractivity contribution < 1.29 is 5.11 Å². The molecule has 0 heterocycles. The van der Waals surface area contributed by atoms with E-state index >= 15 is 0 Å². The summed E-state index contributed by atoms with van der Waals surface area (Å²) in [6, 6.07) is 0. The molecule has 1 nitrogen and oxygen atoms in total. The molecule has 1 aliphatic carbocycles. The van der Waals surface area contributed by atoms with Crippen LogP contribution in [0.2, 0.25) is 0 Å². The van der Waals surface area contributed by atoms with Crippen LogP contribution in [-0.2, 0) is 0 Å². The largest absolute Gasteiger partial charge is 0.393 e. The predicted octanol–water partition coefficient (Wildman–Crippen LogP) is 1.78. The van der Waals surface area contributed by atoms with Gasteiger partial charge in [-0.3, -0.25) is 0 Å². The summed E-state index contributed by atoms with van der Waals surface area (Å²) in [6.45, 7) is 0. The molecule has 0 radical (unpaired) electrons. The van der Waals surface area contributed by atoms with Crippen LogP contribution < -0.4 is 0 Å². The fourth-order valence-electron chi connectivity index (χ4n) is 1.40. The van der Waals surface area contributed by atoms with Gasteiger partial charge < -0.3 is 5.11 Å². The van der Waals surface area contributed by atoms with Gasteiger partial charge in [0.2, 0.25) is 0 Å². The first-order valence-corrected chi connectivity index (χ1v) is 4.10. The van der Waals surface area contributed by atoms with E-state index in [1.54, 1.807) is 0 Å². The van der Waals surface area contributed by atoms with Crippen molar-refractivity contribution in [3.63, 3.8) is 0 Å². The quantitative estimate of drug-likeness (QED) is 0.562. The predicted molar refractivity (Wildman–Crippen MR) is 38.7 cm³/mol. The van der Waals surface area contributed by atoms with Gasteiger partial charge in [-0.2, -0.15) is 0 Å². The highest BCUT2D eigenvalue weighted by Gasteiger charge is 2.18. The lowest BCUT2D eigenvalue weighted by Crippen LogP contribution is -2.20. The third-order valence-electron chi connectivity index (χ3n) is 1.97. The van der Waals surface area contributed by atoms with Crippen LogP contribution in [0.5, 0.6) is 0 Å². The molecule has 2 heteroatoms. The molecule has 54 valence electrons. The van der Waals surface area contributed by atoms with Gasteiger partial charge in [0.25, 0.3) is 0 Å². The zero-order valence-electron chi connectivity index (χ0n) is 5.52. The second-order valence-electron chi connectivity index (χ2n) is 2.84. The van der Waals surface area contributed by atoms with Crippen molar-refractivity contribution in [3.05, 3.63) is 0 Å². The first-order chi connectivity index (χ1) is 4.33. The van der Waals surface area contributed by atoms with Gasteiger partial charge in [-0.25, -0.2) is 0 Å². The molecule has 0 saturated heterocycles. The Balaban J connectivity index is 2.23. The van der Waals surface area contributed by atoms with Gasteiger partial charge in [-0.05, 0) is 25.2 Å². The lowest BCUT2D eigenvalue weighted by molar-refractivity contribution is 0.107. The topological polar surface area (TPSA) is 20.2 Å². The Morgan fingerprint density at radius 2 is 2.22 bits per heavy atom. The normalized spacial score (nSPS) is 36.7. The number of rotatable bonds is 1. The Morgan fingerprint density at radius 3 is 2.67 bits per heavy atom. The Bertz CT molecular complexity index is 85.0. The minimum absolute atomic E-state index is 0.0671. The smallest absolute Gasteiger partial charge is 0.0543 e.